The summed E-state index contributed by atoms with van der Waals surface area (Å²) in [6.07, 6.45) is 0. The van der Waals surface area contributed by atoms with Gasteiger partial charge in [0.25, 0.3) is 0 Å². The Hall–Kier alpha value is -2.14. The second-order valence-electron chi connectivity index (χ2n) is 3.60. The van der Waals surface area contributed by atoms with Gasteiger partial charge in [-0.15, -0.1) is 0 Å². The zero-order valence-electron chi connectivity index (χ0n) is 9.36. The van der Waals surface area contributed by atoms with E-state index in [2.05, 4.69) is 0 Å². The Morgan fingerprint density at radius 3 is 2.58 bits per heavy atom. The first-order valence-corrected chi connectivity index (χ1v) is 5.51. The maximum Gasteiger partial charge on any atom is 0.339 e. The van der Waals surface area contributed by atoms with Gasteiger partial charge in [0, 0.05) is 6.07 Å². The predicted molar refractivity (Wildman–Crippen MR) is 64.8 cm³/mol. The number of aromatic carboxylic acids is 1. The molecular weight excluding hydrogens is 278 g/mol. The van der Waals surface area contributed by atoms with Gasteiger partial charge in [0.15, 0.2) is 17.3 Å². The second kappa shape index (κ2) is 5.24. The Morgan fingerprint density at radius 2 is 1.95 bits per heavy atom. The smallest absolute Gasteiger partial charge is 0.339 e. The molecule has 0 saturated carbocycles. The third kappa shape index (κ3) is 2.82. The fourth-order valence-electron chi connectivity index (χ4n) is 1.45. The molecule has 0 fully saturated rings. The van der Waals surface area contributed by atoms with Crippen LogP contribution in [0.15, 0.2) is 36.4 Å². The number of hydrogen-bond donors (Lipinski definition) is 1. The van der Waals surface area contributed by atoms with Gasteiger partial charge in [-0.2, -0.15) is 0 Å². The van der Waals surface area contributed by atoms with Crippen LogP contribution in [0.5, 0.6) is 11.5 Å². The molecule has 98 valence electrons. The largest absolute Gasteiger partial charge is 0.478 e. The maximum absolute atomic E-state index is 13.4. The molecule has 0 heterocycles. The minimum absolute atomic E-state index is 0.0172. The number of rotatable bonds is 3. The first kappa shape index (κ1) is 13.3. The number of hydrogen-bond acceptors (Lipinski definition) is 2. The van der Waals surface area contributed by atoms with Crippen molar-refractivity contribution in [2.75, 3.05) is 0 Å². The van der Waals surface area contributed by atoms with Crippen molar-refractivity contribution in [3.8, 4) is 11.5 Å². The van der Waals surface area contributed by atoms with E-state index in [1.807, 2.05) is 0 Å². The van der Waals surface area contributed by atoms with Crippen LogP contribution in [0.4, 0.5) is 8.78 Å². The summed E-state index contributed by atoms with van der Waals surface area (Å²) < 4.78 is 31.3. The molecule has 3 nitrogen and oxygen atoms in total. The highest BCUT2D eigenvalue weighted by molar-refractivity contribution is 6.32. The van der Waals surface area contributed by atoms with Crippen LogP contribution < -0.4 is 4.74 Å². The average molecular weight is 285 g/mol. The van der Waals surface area contributed by atoms with E-state index in [1.165, 1.54) is 18.2 Å². The highest BCUT2D eigenvalue weighted by Gasteiger charge is 2.17. The molecule has 2 rings (SSSR count). The van der Waals surface area contributed by atoms with Crippen molar-refractivity contribution in [2.45, 2.75) is 0 Å². The summed E-state index contributed by atoms with van der Waals surface area (Å²) in [5.74, 6) is -3.47. The molecule has 0 radical (unpaired) electrons. The van der Waals surface area contributed by atoms with Crippen molar-refractivity contribution in [1.29, 1.82) is 0 Å². The van der Waals surface area contributed by atoms with Crippen molar-refractivity contribution in [3.63, 3.8) is 0 Å². The Balaban J connectivity index is 2.46. The molecule has 0 amide bonds. The Bertz CT molecular complexity index is 644. The SMILES string of the molecule is O=C(O)c1cccc(Cl)c1Oc1ccc(F)cc1F. The summed E-state index contributed by atoms with van der Waals surface area (Å²) in [7, 11) is 0. The predicted octanol–water partition coefficient (Wildman–Crippen LogP) is 4.11. The van der Waals surface area contributed by atoms with Crippen molar-refractivity contribution in [1.82, 2.24) is 0 Å². The summed E-state index contributed by atoms with van der Waals surface area (Å²) in [5, 5.41) is 9.01. The van der Waals surface area contributed by atoms with Gasteiger partial charge in [-0.05, 0) is 24.3 Å². The lowest BCUT2D eigenvalue weighted by molar-refractivity contribution is 0.0694. The van der Waals surface area contributed by atoms with Crippen LogP contribution in [0.3, 0.4) is 0 Å². The van der Waals surface area contributed by atoms with Gasteiger partial charge in [-0.1, -0.05) is 17.7 Å². The molecule has 1 N–H and O–H groups in total. The second-order valence-corrected chi connectivity index (χ2v) is 4.01. The number of ether oxygens (including phenoxy) is 1. The van der Waals surface area contributed by atoms with Gasteiger partial charge >= 0.3 is 5.97 Å². The van der Waals surface area contributed by atoms with Crippen molar-refractivity contribution in [3.05, 3.63) is 58.6 Å². The first-order chi connectivity index (χ1) is 8.99. The summed E-state index contributed by atoms with van der Waals surface area (Å²) in [6.45, 7) is 0. The number of halogens is 3. The minimum Gasteiger partial charge on any atom is -0.478 e. The van der Waals surface area contributed by atoms with E-state index < -0.39 is 17.6 Å². The highest BCUT2D eigenvalue weighted by atomic mass is 35.5. The quantitative estimate of drug-likeness (QED) is 0.922. The number of carbonyl (C=O) groups is 1. The molecule has 0 aromatic heterocycles. The zero-order chi connectivity index (χ0) is 14.0. The van der Waals surface area contributed by atoms with E-state index >= 15 is 0 Å². The fraction of sp³-hybridized carbons (Fsp3) is 0. The standard InChI is InChI=1S/C13H7ClF2O3/c14-9-3-1-2-8(13(17)18)12(9)19-11-5-4-7(15)6-10(11)16/h1-6H,(H,17,18). The van der Waals surface area contributed by atoms with E-state index in [4.69, 9.17) is 21.4 Å². The van der Waals surface area contributed by atoms with Crippen molar-refractivity contribution < 1.29 is 23.4 Å². The molecule has 0 spiro atoms. The fourth-order valence-corrected chi connectivity index (χ4v) is 1.66. The van der Waals surface area contributed by atoms with Gasteiger partial charge < -0.3 is 9.84 Å². The minimum atomic E-state index is -1.26. The number of benzene rings is 2. The van der Waals surface area contributed by atoms with Crippen LogP contribution in [0, 0.1) is 11.6 Å². The normalized spacial score (nSPS) is 10.3. The monoisotopic (exact) mass is 284 g/mol. The average Bonchev–Trinajstić information content (AvgIpc) is 2.34. The third-order valence-electron chi connectivity index (χ3n) is 2.30. The molecular formula is C13H7ClF2O3. The van der Waals surface area contributed by atoms with E-state index in [0.29, 0.717) is 6.07 Å². The van der Waals surface area contributed by atoms with Gasteiger partial charge in [0.2, 0.25) is 0 Å². The van der Waals surface area contributed by atoms with Crippen LogP contribution >= 0.6 is 11.6 Å². The third-order valence-corrected chi connectivity index (χ3v) is 2.60. The zero-order valence-corrected chi connectivity index (χ0v) is 10.1. The van der Waals surface area contributed by atoms with E-state index in [1.54, 1.807) is 0 Å². The molecule has 6 heteroatoms. The van der Waals surface area contributed by atoms with Gasteiger partial charge in [-0.25, -0.2) is 13.6 Å². The first-order valence-electron chi connectivity index (χ1n) is 5.13. The van der Waals surface area contributed by atoms with Crippen LogP contribution in [0.2, 0.25) is 5.02 Å². The highest BCUT2D eigenvalue weighted by Crippen LogP contribution is 2.34. The summed E-state index contributed by atoms with van der Waals surface area (Å²) in [4.78, 5) is 11.0. The molecule has 0 saturated heterocycles. The molecule has 2 aromatic rings. The molecule has 0 bridgehead atoms. The summed E-state index contributed by atoms with van der Waals surface area (Å²) in [6, 6.07) is 6.79. The summed E-state index contributed by atoms with van der Waals surface area (Å²) >= 11 is 5.82. The molecule has 0 aliphatic carbocycles. The molecule has 0 aliphatic heterocycles. The Kier molecular flexibility index (Phi) is 3.66. The Labute approximate surface area is 112 Å². The van der Waals surface area contributed by atoms with Gasteiger partial charge in [-0.3, -0.25) is 0 Å². The van der Waals surface area contributed by atoms with Crippen LogP contribution in [-0.4, -0.2) is 11.1 Å². The Morgan fingerprint density at radius 1 is 1.21 bits per heavy atom. The lowest BCUT2D eigenvalue weighted by Crippen LogP contribution is -2.01. The lowest BCUT2D eigenvalue weighted by Gasteiger charge is -2.11. The van der Waals surface area contributed by atoms with Gasteiger partial charge in [0.1, 0.15) is 11.4 Å². The molecule has 2 aromatic carbocycles. The summed E-state index contributed by atoms with van der Waals surface area (Å²) in [5.41, 5.74) is -0.212. The van der Waals surface area contributed by atoms with E-state index in [9.17, 15) is 13.6 Å². The molecule has 0 unspecified atom stereocenters. The molecule has 19 heavy (non-hydrogen) atoms. The lowest BCUT2D eigenvalue weighted by atomic mass is 10.2. The van der Waals surface area contributed by atoms with Crippen LogP contribution in [-0.2, 0) is 0 Å². The topological polar surface area (TPSA) is 46.5 Å². The van der Waals surface area contributed by atoms with Crippen molar-refractivity contribution >= 4 is 17.6 Å². The number of carboxylic acid groups (broad SMARTS) is 1. The molecule has 0 atom stereocenters. The maximum atomic E-state index is 13.4. The van der Waals surface area contributed by atoms with E-state index in [0.717, 1.165) is 12.1 Å². The molecule has 0 aliphatic rings. The number of carboxylic acids is 1. The van der Waals surface area contributed by atoms with E-state index in [-0.39, 0.29) is 22.1 Å². The van der Waals surface area contributed by atoms with Crippen molar-refractivity contribution in [2.24, 2.45) is 0 Å². The van der Waals surface area contributed by atoms with Crippen LogP contribution in [0.25, 0.3) is 0 Å². The van der Waals surface area contributed by atoms with Gasteiger partial charge in [0.05, 0.1) is 5.02 Å². The van der Waals surface area contributed by atoms with Crippen LogP contribution in [0.1, 0.15) is 10.4 Å². The number of para-hydroxylation sites is 1.